The molecule has 3 N–H and O–H groups in total. The molecule has 0 aliphatic heterocycles. The summed E-state index contributed by atoms with van der Waals surface area (Å²) in [5.41, 5.74) is 2.77. The van der Waals surface area contributed by atoms with E-state index in [2.05, 4.69) is 34.8 Å². The molecule has 0 amide bonds. The predicted molar refractivity (Wildman–Crippen MR) is 82.1 cm³/mol. The van der Waals surface area contributed by atoms with Crippen LogP contribution in [-0.2, 0) is 0 Å². The molecule has 2 rings (SSSR count). The van der Waals surface area contributed by atoms with Gasteiger partial charge in [0.2, 0.25) is 5.96 Å². The quantitative estimate of drug-likeness (QED) is 0.387. The van der Waals surface area contributed by atoms with Crippen LogP contribution in [0.15, 0.2) is 22.5 Å². The molecule has 0 bridgehead atoms. The van der Waals surface area contributed by atoms with Crippen molar-refractivity contribution in [3.05, 3.63) is 22.4 Å². The third-order valence-electron chi connectivity index (χ3n) is 3.88. The summed E-state index contributed by atoms with van der Waals surface area (Å²) >= 11 is 1.77. The summed E-state index contributed by atoms with van der Waals surface area (Å²) in [5, 5.41) is 2.10. The normalized spacial score (nSPS) is 19.2. The second-order valence-electron chi connectivity index (χ2n) is 5.19. The van der Waals surface area contributed by atoms with Crippen molar-refractivity contribution in [3.8, 4) is 0 Å². The molecule has 1 heterocycles. The Morgan fingerprint density at radius 2 is 2.21 bits per heavy atom. The van der Waals surface area contributed by atoms with Crippen LogP contribution in [0.4, 0.5) is 0 Å². The summed E-state index contributed by atoms with van der Waals surface area (Å²) in [6, 6.07) is 4.95. The van der Waals surface area contributed by atoms with Gasteiger partial charge in [-0.15, -0.1) is 11.3 Å². The summed E-state index contributed by atoms with van der Waals surface area (Å²) in [7, 11) is 2.05. The minimum Gasteiger partial charge on any atom is -0.337 e. The highest BCUT2D eigenvalue weighted by Gasteiger charge is 2.19. The maximum Gasteiger partial charge on any atom is 0.208 e. The van der Waals surface area contributed by atoms with E-state index >= 15 is 0 Å². The Bertz CT molecular complexity index is 396. The van der Waals surface area contributed by atoms with E-state index in [1.165, 1.54) is 37.0 Å². The van der Waals surface area contributed by atoms with Gasteiger partial charge in [-0.3, -0.25) is 5.43 Å². The zero-order valence-electron chi connectivity index (χ0n) is 11.8. The Balaban J connectivity index is 2.05. The lowest BCUT2D eigenvalue weighted by Gasteiger charge is -2.28. The number of nitrogens with one attached hydrogen (secondary N) is 1. The van der Waals surface area contributed by atoms with E-state index < -0.39 is 0 Å². The molecule has 0 radical (unpaired) electrons. The standard InChI is InChI=1S/C14H24N4S/c1-11(13-9-6-10-19-13)18(2)14(17-15)16-12-7-4-3-5-8-12/h6,9-12H,3-5,7-8,15H2,1-2H3,(H,16,17). The number of nitrogens with two attached hydrogens (primary N) is 1. The second kappa shape index (κ2) is 6.91. The molecule has 0 aromatic carbocycles. The first-order valence-corrected chi connectivity index (χ1v) is 7.91. The highest BCUT2D eigenvalue weighted by atomic mass is 32.1. The molecule has 4 nitrogen and oxygen atoms in total. The lowest BCUT2D eigenvalue weighted by atomic mass is 9.96. The van der Waals surface area contributed by atoms with Gasteiger partial charge in [-0.25, -0.2) is 10.8 Å². The molecular formula is C14H24N4S. The van der Waals surface area contributed by atoms with Gasteiger partial charge in [0.15, 0.2) is 0 Å². The molecule has 19 heavy (non-hydrogen) atoms. The van der Waals surface area contributed by atoms with Gasteiger partial charge in [-0.05, 0) is 31.2 Å². The fourth-order valence-electron chi connectivity index (χ4n) is 2.52. The second-order valence-corrected chi connectivity index (χ2v) is 6.17. The van der Waals surface area contributed by atoms with Gasteiger partial charge < -0.3 is 4.90 Å². The van der Waals surface area contributed by atoms with Crippen LogP contribution in [0.2, 0.25) is 0 Å². The number of hydrogen-bond donors (Lipinski definition) is 2. The average Bonchev–Trinajstić information content (AvgIpc) is 2.98. The van der Waals surface area contributed by atoms with Gasteiger partial charge in [-0.1, -0.05) is 25.3 Å². The molecule has 1 aliphatic rings. The summed E-state index contributed by atoms with van der Waals surface area (Å²) in [4.78, 5) is 8.25. The van der Waals surface area contributed by atoms with E-state index in [0.717, 1.165) is 5.96 Å². The summed E-state index contributed by atoms with van der Waals surface area (Å²) in [6.45, 7) is 2.18. The number of aliphatic imine (C=N–C) groups is 1. The number of guanidine groups is 1. The molecule has 0 spiro atoms. The first kappa shape index (κ1) is 14.3. The Labute approximate surface area is 119 Å². The number of thiophene rings is 1. The van der Waals surface area contributed by atoms with Crippen LogP contribution in [0.5, 0.6) is 0 Å². The first-order valence-electron chi connectivity index (χ1n) is 7.03. The van der Waals surface area contributed by atoms with Gasteiger partial charge in [0.25, 0.3) is 0 Å². The number of nitrogens with zero attached hydrogens (tertiary/aromatic N) is 2. The van der Waals surface area contributed by atoms with E-state index in [1.54, 1.807) is 11.3 Å². The molecule has 1 aliphatic carbocycles. The van der Waals surface area contributed by atoms with E-state index in [9.17, 15) is 0 Å². The minimum atomic E-state index is 0.290. The fraction of sp³-hybridized carbons (Fsp3) is 0.643. The summed E-state index contributed by atoms with van der Waals surface area (Å²) in [5.74, 6) is 6.46. The molecule has 1 saturated carbocycles. The Hall–Kier alpha value is -1.07. The molecular weight excluding hydrogens is 256 g/mol. The van der Waals surface area contributed by atoms with Gasteiger partial charge in [0, 0.05) is 11.9 Å². The van der Waals surface area contributed by atoms with E-state index in [0.29, 0.717) is 12.1 Å². The van der Waals surface area contributed by atoms with E-state index in [-0.39, 0.29) is 0 Å². The maximum atomic E-state index is 5.66. The fourth-order valence-corrected chi connectivity index (χ4v) is 3.34. The molecule has 106 valence electrons. The van der Waals surface area contributed by atoms with Crippen molar-refractivity contribution in [1.29, 1.82) is 0 Å². The lowest BCUT2D eigenvalue weighted by molar-refractivity contribution is 0.379. The molecule has 1 atom stereocenters. The van der Waals surface area contributed by atoms with E-state index in [4.69, 9.17) is 10.8 Å². The maximum absolute atomic E-state index is 5.66. The van der Waals surface area contributed by atoms with Crippen LogP contribution in [0.1, 0.15) is 49.9 Å². The van der Waals surface area contributed by atoms with Gasteiger partial charge >= 0.3 is 0 Å². The van der Waals surface area contributed by atoms with Crippen LogP contribution < -0.4 is 11.3 Å². The minimum absolute atomic E-state index is 0.290. The summed E-state index contributed by atoms with van der Waals surface area (Å²) in [6.07, 6.45) is 6.30. The number of hydrazine groups is 1. The van der Waals surface area contributed by atoms with Crippen LogP contribution >= 0.6 is 11.3 Å². The highest BCUT2D eigenvalue weighted by Crippen LogP contribution is 2.24. The van der Waals surface area contributed by atoms with E-state index in [1.807, 2.05) is 7.05 Å². The van der Waals surface area contributed by atoms with Crippen molar-refractivity contribution in [1.82, 2.24) is 10.3 Å². The largest absolute Gasteiger partial charge is 0.337 e. The van der Waals surface area contributed by atoms with Crippen LogP contribution in [0.25, 0.3) is 0 Å². The van der Waals surface area contributed by atoms with Crippen molar-refractivity contribution in [2.24, 2.45) is 10.8 Å². The summed E-state index contributed by atoms with van der Waals surface area (Å²) < 4.78 is 0. The lowest BCUT2D eigenvalue weighted by Crippen LogP contribution is -2.44. The first-order chi connectivity index (χ1) is 9.22. The molecule has 0 saturated heterocycles. The van der Waals surface area contributed by atoms with Crippen molar-refractivity contribution in [3.63, 3.8) is 0 Å². The molecule has 1 aromatic rings. The third kappa shape index (κ3) is 3.70. The Morgan fingerprint density at radius 3 is 2.79 bits per heavy atom. The van der Waals surface area contributed by atoms with Crippen LogP contribution in [0.3, 0.4) is 0 Å². The van der Waals surface area contributed by atoms with Crippen molar-refractivity contribution < 1.29 is 0 Å². The van der Waals surface area contributed by atoms with Crippen molar-refractivity contribution in [2.45, 2.75) is 51.1 Å². The smallest absolute Gasteiger partial charge is 0.208 e. The molecule has 5 heteroatoms. The Kier molecular flexibility index (Phi) is 5.22. The van der Waals surface area contributed by atoms with Crippen LogP contribution in [-0.4, -0.2) is 23.9 Å². The third-order valence-corrected chi connectivity index (χ3v) is 4.92. The Morgan fingerprint density at radius 1 is 1.47 bits per heavy atom. The zero-order valence-corrected chi connectivity index (χ0v) is 12.6. The topological polar surface area (TPSA) is 53.6 Å². The van der Waals surface area contributed by atoms with Crippen molar-refractivity contribution >= 4 is 17.3 Å². The molecule has 1 fully saturated rings. The van der Waals surface area contributed by atoms with Crippen molar-refractivity contribution in [2.75, 3.05) is 7.05 Å². The van der Waals surface area contributed by atoms with Gasteiger partial charge in [0.1, 0.15) is 0 Å². The number of hydrogen-bond acceptors (Lipinski definition) is 3. The van der Waals surface area contributed by atoms with Crippen LogP contribution in [0, 0.1) is 0 Å². The predicted octanol–water partition coefficient (Wildman–Crippen LogP) is 2.89. The van der Waals surface area contributed by atoms with Gasteiger partial charge in [0.05, 0.1) is 12.1 Å². The molecule has 1 aromatic heterocycles. The van der Waals surface area contributed by atoms with Gasteiger partial charge in [-0.2, -0.15) is 0 Å². The SMILES string of the molecule is CC(c1cccs1)N(C)C(=NC1CCCCC1)NN. The number of rotatable bonds is 3. The average molecular weight is 280 g/mol. The zero-order chi connectivity index (χ0) is 13.7. The highest BCUT2D eigenvalue weighted by molar-refractivity contribution is 7.10. The molecule has 1 unspecified atom stereocenters. The monoisotopic (exact) mass is 280 g/mol.